The van der Waals surface area contributed by atoms with Crippen molar-refractivity contribution in [3.8, 4) is 0 Å². The third kappa shape index (κ3) is 6.22. The van der Waals surface area contributed by atoms with Crippen LogP contribution < -0.4 is 16.4 Å². The largest absolute Gasteiger partial charge is 0.354 e. The zero-order valence-corrected chi connectivity index (χ0v) is 12.1. The lowest BCUT2D eigenvalue weighted by atomic mass is 10.0. The van der Waals surface area contributed by atoms with E-state index < -0.39 is 12.1 Å². The SMILES string of the molecule is CC(C)C[C@@H](NC(N)=O)C(=O)NCCc1ccccc1. The summed E-state index contributed by atoms with van der Waals surface area (Å²) in [7, 11) is 0. The van der Waals surface area contributed by atoms with Crippen molar-refractivity contribution in [3.05, 3.63) is 35.9 Å². The fraction of sp³-hybridized carbons (Fsp3) is 0.467. The summed E-state index contributed by atoms with van der Waals surface area (Å²) in [5.74, 6) is 0.111. The highest BCUT2D eigenvalue weighted by molar-refractivity contribution is 5.86. The summed E-state index contributed by atoms with van der Waals surface area (Å²) in [4.78, 5) is 22.9. The first-order valence-corrected chi connectivity index (χ1v) is 6.86. The van der Waals surface area contributed by atoms with Gasteiger partial charge in [-0.25, -0.2) is 4.79 Å². The van der Waals surface area contributed by atoms with Crippen LogP contribution in [0, 0.1) is 5.92 Å². The first-order chi connectivity index (χ1) is 9.49. The average Bonchev–Trinajstić information content (AvgIpc) is 2.38. The van der Waals surface area contributed by atoms with E-state index in [0.717, 1.165) is 12.0 Å². The quantitative estimate of drug-likeness (QED) is 0.704. The fourth-order valence-corrected chi connectivity index (χ4v) is 1.97. The molecule has 110 valence electrons. The summed E-state index contributed by atoms with van der Waals surface area (Å²) < 4.78 is 0. The highest BCUT2D eigenvalue weighted by Gasteiger charge is 2.20. The van der Waals surface area contributed by atoms with Crippen molar-refractivity contribution in [2.75, 3.05) is 6.54 Å². The molecule has 20 heavy (non-hydrogen) atoms. The summed E-state index contributed by atoms with van der Waals surface area (Å²) in [5.41, 5.74) is 6.26. The van der Waals surface area contributed by atoms with Gasteiger partial charge in [-0.3, -0.25) is 4.79 Å². The molecule has 3 amide bonds. The summed E-state index contributed by atoms with van der Waals surface area (Å²) in [5, 5.41) is 5.32. The van der Waals surface area contributed by atoms with Crippen LogP contribution in [0.15, 0.2) is 30.3 Å². The Morgan fingerprint density at radius 1 is 1.20 bits per heavy atom. The molecule has 1 aromatic rings. The lowest BCUT2D eigenvalue weighted by Gasteiger charge is -2.19. The van der Waals surface area contributed by atoms with Gasteiger partial charge in [-0.05, 0) is 24.3 Å². The van der Waals surface area contributed by atoms with Gasteiger partial charge in [0.15, 0.2) is 0 Å². The van der Waals surface area contributed by atoms with Crippen LogP contribution in [0.25, 0.3) is 0 Å². The predicted octanol–water partition coefficient (Wildman–Crippen LogP) is 1.43. The van der Waals surface area contributed by atoms with E-state index in [-0.39, 0.29) is 5.91 Å². The summed E-state index contributed by atoms with van der Waals surface area (Å²) >= 11 is 0. The molecule has 0 spiro atoms. The Kier molecular flexibility index (Phi) is 6.56. The monoisotopic (exact) mass is 277 g/mol. The minimum absolute atomic E-state index is 0.187. The van der Waals surface area contributed by atoms with Gasteiger partial charge in [-0.2, -0.15) is 0 Å². The minimum Gasteiger partial charge on any atom is -0.354 e. The molecule has 1 aromatic carbocycles. The molecule has 5 heteroatoms. The third-order valence-electron chi connectivity index (χ3n) is 2.90. The number of nitrogens with two attached hydrogens (primary N) is 1. The van der Waals surface area contributed by atoms with E-state index in [0.29, 0.717) is 18.9 Å². The van der Waals surface area contributed by atoms with Crippen molar-refractivity contribution in [1.29, 1.82) is 0 Å². The normalized spacial score (nSPS) is 11.9. The van der Waals surface area contributed by atoms with Crippen molar-refractivity contribution < 1.29 is 9.59 Å². The van der Waals surface area contributed by atoms with E-state index in [2.05, 4.69) is 10.6 Å². The first kappa shape index (κ1) is 16.0. The van der Waals surface area contributed by atoms with Crippen LogP contribution in [0.3, 0.4) is 0 Å². The summed E-state index contributed by atoms with van der Waals surface area (Å²) in [6, 6.07) is 8.68. The van der Waals surface area contributed by atoms with Gasteiger partial charge in [-0.15, -0.1) is 0 Å². The Balaban J connectivity index is 2.43. The molecule has 0 fully saturated rings. The second-order valence-electron chi connectivity index (χ2n) is 5.22. The first-order valence-electron chi connectivity index (χ1n) is 6.86. The van der Waals surface area contributed by atoms with Crippen molar-refractivity contribution in [3.63, 3.8) is 0 Å². The Labute approximate surface area is 119 Å². The minimum atomic E-state index is -0.672. The molecule has 0 aliphatic heterocycles. The maximum absolute atomic E-state index is 12.0. The van der Waals surface area contributed by atoms with Crippen molar-refractivity contribution in [2.45, 2.75) is 32.7 Å². The van der Waals surface area contributed by atoms with Crippen LogP contribution in [0.4, 0.5) is 4.79 Å². The van der Waals surface area contributed by atoms with Crippen LogP contribution in [-0.2, 0) is 11.2 Å². The van der Waals surface area contributed by atoms with E-state index in [9.17, 15) is 9.59 Å². The van der Waals surface area contributed by atoms with Crippen LogP contribution in [0.1, 0.15) is 25.8 Å². The molecule has 0 aromatic heterocycles. The standard InChI is InChI=1S/C15H23N3O2/c1-11(2)10-13(18-15(16)20)14(19)17-9-8-12-6-4-3-5-7-12/h3-7,11,13H,8-10H2,1-2H3,(H,17,19)(H3,16,18,20)/t13-/m1/s1. The predicted molar refractivity (Wildman–Crippen MR) is 79.1 cm³/mol. The molecular weight excluding hydrogens is 254 g/mol. The Hall–Kier alpha value is -2.04. The summed E-state index contributed by atoms with van der Waals surface area (Å²) in [6.07, 6.45) is 1.33. The lowest BCUT2D eigenvalue weighted by Crippen LogP contribution is -2.49. The topological polar surface area (TPSA) is 84.2 Å². The molecule has 0 radical (unpaired) electrons. The number of rotatable bonds is 7. The molecule has 0 saturated heterocycles. The number of hydrogen-bond acceptors (Lipinski definition) is 2. The van der Waals surface area contributed by atoms with Gasteiger partial charge < -0.3 is 16.4 Å². The van der Waals surface area contributed by atoms with Crippen molar-refractivity contribution in [1.82, 2.24) is 10.6 Å². The van der Waals surface area contributed by atoms with Crippen LogP contribution >= 0.6 is 0 Å². The van der Waals surface area contributed by atoms with E-state index in [1.807, 2.05) is 44.2 Å². The molecule has 0 aliphatic rings. The van der Waals surface area contributed by atoms with E-state index in [1.54, 1.807) is 0 Å². The highest BCUT2D eigenvalue weighted by Crippen LogP contribution is 2.05. The van der Waals surface area contributed by atoms with Crippen LogP contribution in [-0.4, -0.2) is 24.5 Å². The second kappa shape index (κ2) is 8.19. The molecule has 0 bridgehead atoms. The van der Waals surface area contributed by atoms with Crippen LogP contribution in [0.5, 0.6) is 0 Å². The zero-order valence-electron chi connectivity index (χ0n) is 12.1. The fourth-order valence-electron chi connectivity index (χ4n) is 1.97. The van der Waals surface area contributed by atoms with Gasteiger partial charge in [0.25, 0.3) is 0 Å². The van der Waals surface area contributed by atoms with Gasteiger partial charge in [0.2, 0.25) is 5.91 Å². The molecule has 0 unspecified atom stereocenters. The van der Waals surface area contributed by atoms with Crippen molar-refractivity contribution >= 4 is 11.9 Å². The smallest absolute Gasteiger partial charge is 0.312 e. The average molecular weight is 277 g/mol. The molecule has 1 rings (SSSR count). The number of carbonyl (C=O) groups excluding carboxylic acids is 2. The third-order valence-corrected chi connectivity index (χ3v) is 2.90. The van der Waals surface area contributed by atoms with Gasteiger partial charge in [0, 0.05) is 6.54 Å². The number of amides is 3. The molecule has 0 saturated carbocycles. The molecule has 5 nitrogen and oxygen atoms in total. The molecule has 1 atom stereocenters. The number of primary amides is 1. The molecular formula is C15H23N3O2. The molecule has 0 aliphatic carbocycles. The van der Waals surface area contributed by atoms with Gasteiger partial charge in [-0.1, -0.05) is 44.2 Å². The molecule has 4 N–H and O–H groups in total. The Morgan fingerprint density at radius 2 is 1.85 bits per heavy atom. The van der Waals surface area contributed by atoms with E-state index >= 15 is 0 Å². The Morgan fingerprint density at radius 3 is 2.40 bits per heavy atom. The number of carbonyl (C=O) groups is 2. The second-order valence-corrected chi connectivity index (χ2v) is 5.22. The number of hydrogen-bond donors (Lipinski definition) is 3. The number of nitrogens with one attached hydrogen (secondary N) is 2. The van der Waals surface area contributed by atoms with Gasteiger partial charge in [0.1, 0.15) is 6.04 Å². The maximum atomic E-state index is 12.0. The lowest BCUT2D eigenvalue weighted by molar-refractivity contribution is -0.123. The van der Waals surface area contributed by atoms with E-state index in [4.69, 9.17) is 5.73 Å². The zero-order chi connectivity index (χ0) is 15.0. The molecule has 0 heterocycles. The van der Waals surface area contributed by atoms with Crippen LogP contribution in [0.2, 0.25) is 0 Å². The highest BCUT2D eigenvalue weighted by atomic mass is 16.2. The Bertz CT molecular complexity index is 432. The van der Waals surface area contributed by atoms with E-state index in [1.165, 1.54) is 0 Å². The number of urea groups is 1. The number of benzene rings is 1. The maximum Gasteiger partial charge on any atom is 0.312 e. The van der Waals surface area contributed by atoms with Crippen molar-refractivity contribution in [2.24, 2.45) is 11.7 Å². The van der Waals surface area contributed by atoms with Gasteiger partial charge >= 0.3 is 6.03 Å². The van der Waals surface area contributed by atoms with Gasteiger partial charge in [0.05, 0.1) is 0 Å². The summed E-state index contributed by atoms with van der Waals surface area (Å²) in [6.45, 7) is 4.53.